The molecule has 2 heterocycles. The zero-order chi connectivity index (χ0) is 21.7. The second kappa shape index (κ2) is 9.78. The number of hydrogen-bond acceptors (Lipinski definition) is 7. The van der Waals surface area contributed by atoms with E-state index < -0.39 is 11.2 Å². The SMILES string of the molecule is Cc1cc(NC(=O)[C@@H](C)SCC(=O)OCC(=O)c2cc(C)n(C(C)C)c2C)no1. The van der Waals surface area contributed by atoms with Crippen molar-refractivity contribution >= 4 is 35.2 Å². The van der Waals surface area contributed by atoms with Gasteiger partial charge in [0.2, 0.25) is 11.7 Å². The highest BCUT2D eigenvalue weighted by Gasteiger charge is 2.20. The Hall–Kier alpha value is -2.55. The Labute approximate surface area is 174 Å². The zero-order valence-electron chi connectivity index (χ0n) is 17.6. The highest BCUT2D eigenvalue weighted by molar-refractivity contribution is 8.01. The molecule has 0 aliphatic heterocycles. The molecular formula is C20H27N3O5S. The van der Waals surface area contributed by atoms with E-state index in [1.807, 2.05) is 33.8 Å². The largest absolute Gasteiger partial charge is 0.457 e. The highest BCUT2D eigenvalue weighted by atomic mass is 32.2. The Kier molecular flexibility index (Phi) is 7.66. The van der Waals surface area contributed by atoms with Crippen LogP contribution >= 0.6 is 11.8 Å². The van der Waals surface area contributed by atoms with Gasteiger partial charge in [0.15, 0.2) is 12.4 Å². The fourth-order valence-corrected chi connectivity index (χ4v) is 3.72. The van der Waals surface area contributed by atoms with Crippen molar-refractivity contribution in [2.45, 2.75) is 52.8 Å². The van der Waals surface area contributed by atoms with Crippen LogP contribution in [0.5, 0.6) is 0 Å². The molecule has 1 amide bonds. The van der Waals surface area contributed by atoms with Crippen molar-refractivity contribution in [3.63, 3.8) is 0 Å². The monoisotopic (exact) mass is 421 g/mol. The summed E-state index contributed by atoms with van der Waals surface area (Å²) in [4.78, 5) is 36.5. The fourth-order valence-electron chi connectivity index (χ4n) is 3.04. The third-order valence-corrected chi connectivity index (χ3v) is 5.48. The number of ketones is 1. The number of aryl methyl sites for hydroxylation is 2. The molecule has 0 fully saturated rings. The number of aromatic nitrogens is 2. The molecule has 0 aliphatic rings. The molecule has 0 saturated heterocycles. The van der Waals surface area contributed by atoms with Crippen LogP contribution in [0.3, 0.4) is 0 Å². The van der Waals surface area contributed by atoms with E-state index in [4.69, 9.17) is 9.26 Å². The molecule has 2 aromatic rings. The number of amides is 1. The highest BCUT2D eigenvalue weighted by Crippen LogP contribution is 2.21. The fraction of sp³-hybridized carbons (Fsp3) is 0.500. The maximum Gasteiger partial charge on any atom is 0.316 e. The van der Waals surface area contributed by atoms with Crippen LogP contribution in [0.1, 0.15) is 54.3 Å². The molecule has 0 radical (unpaired) electrons. The first-order chi connectivity index (χ1) is 13.6. The lowest BCUT2D eigenvalue weighted by Gasteiger charge is -2.13. The van der Waals surface area contributed by atoms with Gasteiger partial charge in [-0.3, -0.25) is 14.4 Å². The Morgan fingerprint density at radius 3 is 2.45 bits per heavy atom. The first kappa shape index (κ1) is 22.7. The molecular weight excluding hydrogens is 394 g/mol. The van der Waals surface area contributed by atoms with Gasteiger partial charge in [0.25, 0.3) is 0 Å². The molecule has 0 saturated carbocycles. The number of ether oxygens (including phenoxy) is 1. The maximum absolute atomic E-state index is 12.4. The molecule has 1 N–H and O–H groups in total. The third-order valence-electron chi connectivity index (χ3n) is 4.37. The van der Waals surface area contributed by atoms with Crippen LogP contribution in [0.4, 0.5) is 5.82 Å². The predicted molar refractivity (Wildman–Crippen MR) is 111 cm³/mol. The standard InChI is InChI=1S/C20H27N3O5S/c1-11(2)23-12(3)7-16(14(23)5)17(24)9-27-19(25)10-29-15(6)20(26)21-18-8-13(4)28-22-18/h7-8,11,15H,9-10H2,1-6H3,(H,21,22,26)/t15-/m1/s1. The van der Waals surface area contributed by atoms with Crippen molar-refractivity contribution in [1.29, 1.82) is 0 Å². The molecule has 0 spiro atoms. The van der Waals surface area contributed by atoms with E-state index in [1.165, 1.54) is 0 Å². The number of nitrogens with one attached hydrogen (secondary N) is 1. The summed E-state index contributed by atoms with van der Waals surface area (Å²) in [6, 6.07) is 3.66. The summed E-state index contributed by atoms with van der Waals surface area (Å²) in [6.07, 6.45) is 0. The molecule has 0 unspecified atom stereocenters. The number of anilines is 1. The van der Waals surface area contributed by atoms with Gasteiger partial charge in [0.05, 0.1) is 11.0 Å². The molecule has 0 bridgehead atoms. The Morgan fingerprint density at radius 2 is 1.90 bits per heavy atom. The van der Waals surface area contributed by atoms with E-state index in [2.05, 4.69) is 15.0 Å². The maximum atomic E-state index is 12.4. The van der Waals surface area contributed by atoms with Crippen LogP contribution in [0.2, 0.25) is 0 Å². The van der Waals surface area contributed by atoms with Crippen LogP contribution in [-0.4, -0.2) is 45.0 Å². The van der Waals surface area contributed by atoms with Crippen LogP contribution in [-0.2, 0) is 14.3 Å². The smallest absolute Gasteiger partial charge is 0.316 e. The van der Waals surface area contributed by atoms with E-state index in [9.17, 15) is 14.4 Å². The van der Waals surface area contributed by atoms with Gasteiger partial charge in [-0.15, -0.1) is 11.8 Å². The summed E-state index contributed by atoms with van der Waals surface area (Å²) in [5, 5.41) is 5.80. The summed E-state index contributed by atoms with van der Waals surface area (Å²) in [6.45, 7) is 11.0. The molecule has 9 heteroatoms. The van der Waals surface area contributed by atoms with Crippen molar-refractivity contribution < 1.29 is 23.6 Å². The third kappa shape index (κ3) is 5.96. The van der Waals surface area contributed by atoms with Crippen molar-refractivity contribution in [3.05, 3.63) is 34.8 Å². The minimum atomic E-state index is -0.544. The Bertz CT molecular complexity index is 900. The van der Waals surface area contributed by atoms with Gasteiger partial charge >= 0.3 is 5.97 Å². The van der Waals surface area contributed by atoms with Crippen molar-refractivity contribution in [2.24, 2.45) is 0 Å². The Balaban J connectivity index is 1.80. The van der Waals surface area contributed by atoms with Gasteiger partial charge in [0.1, 0.15) is 5.76 Å². The molecule has 1 atom stereocenters. The van der Waals surface area contributed by atoms with Gasteiger partial charge in [-0.1, -0.05) is 5.16 Å². The number of thioether (sulfide) groups is 1. The van der Waals surface area contributed by atoms with Crippen LogP contribution in [0.25, 0.3) is 0 Å². The molecule has 0 aromatic carbocycles. The number of carbonyl (C=O) groups excluding carboxylic acids is 3. The summed E-state index contributed by atoms with van der Waals surface area (Å²) in [7, 11) is 0. The van der Waals surface area contributed by atoms with Crippen molar-refractivity contribution in [1.82, 2.24) is 9.72 Å². The minimum absolute atomic E-state index is 0.0370. The molecule has 158 valence electrons. The second-order valence-corrected chi connectivity index (χ2v) is 8.43. The first-order valence-electron chi connectivity index (χ1n) is 9.33. The minimum Gasteiger partial charge on any atom is -0.457 e. The van der Waals surface area contributed by atoms with Crippen LogP contribution in [0.15, 0.2) is 16.7 Å². The van der Waals surface area contributed by atoms with Crippen molar-refractivity contribution in [3.8, 4) is 0 Å². The van der Waals surface area contributed by atoms with Gasteiger partial charge in [-0.05, 0) is 47.6 Å². The summed E-state index contributed by atoms with van der Waals surface area (Å²) in [5.74, 6) is -0.206. The van der Waals surface area contributed by atoms with E-state index in [-0.39, 0.29) is 30.1 Å². The van der Waals surface area contributed by atoms with Gasteiger partial charge in [-0.2, -0.15) is 0 Å². The predicted octanol–water partition coefficient (Wildman–Crippen LogP) is 3.47. The lowest BCUT2D eigenvalue weighted by atomic mass is 10.1. The molecule has 2 aromatic heterocycles. The number of carbonyl (C=O) groups is 3. The number of Topliss-reactive ketones (excluding diaryl/α,β-unsaturated/α-hetero) is 1. The average Bonchev–Trinajstić information content (AvgIpc) is 3.19. The normalized spacial score (nSPS) is 12.1. The molecule has 8 nitrogen and oxygen atoms in total. The summed E-state index contributed by atoms with van der Waals surface area (Å²) in [5.41, 5.74) is 2.42. The van der Waals surface area contributed by atoms with E-state index in [1.54, 1.807) is 19.9 Å². The van der Waals surface area contributed by atoms with E-state index in [0.29, 0.717) is 17.1 Å². The van der Waals surface area contributed by atoms with E-state index >= 15 is 0 Å². The van der Waals surface area contributed by atoms with Crippen LogP contribution < -0.4 is 5.32 Å². The lowest BCUT2D eigenvalue weighted by molar-refractivity contribution is -0.139. The number of hydrogen-bond donors (Lipinski definition) is 1. The topological polar surface area (TPSA) is 103 Å². The molecule has 2 rings (SSSR count). The van der Waals surface area contributed by atoms with Crippen molar-refractivity contribution in [2.75, 3.05) is 17.7 Å². The Morgan fingerprint density at radius 1 is 1.21 bits per heavy atom. The summed E-state index contributed by atoms with van der Waals surface area (Å²) < 4.78 is 12.1. The lowest BCUT2D eigenvalue weighted by Crippen LogP contribution is -2.24. The first-order valence-corrected chi connectivity index (χ1v) is 10.4. The summed E-state index contributed by atoms with van der Waals surface area (Å²) >= 11 is 1.12. The van der Waals surface area contributed by atoms with Crippen LogP contribution in [0, 0.1) is 20.8 Å². The quantitative estimate of drug-likeness (QED) is 0.488. The molecule has 0 aliphatic carbocycles. The number of esters is 1. The average molecular weight is 422 g/mol. The number of nitrogens with zero attached hydrogens (tertiary/aromatic N) is 2. The molecule has 29 heavy (non-hydrogen) atoms. The number of rotatable bonds is 9. The van der Waals surface area contributed by atoms with E-state index in [0.717, 1.165) is 23.1 Å². The zero-order valence-corrected chi connectivity index (χ0v) is 18.4. The van der Waals surface area contributed by atoms with Gasteiger partial charge < -0.3 is 19.1 Å². The van der Waals surface area contributed by atoms with Gasteiger partial charge in [0, 0.05) is 29.1 Å². The second-order valence-electron chi connectivity index (χ2n) is 7.10. The van der Waals surface area contributed by atoms with Gasteiger partial charge in [-0.25, -0.2) is 0 Å².